The zero-order valence-electron chi connectivity index (χ0n) is 9.86. The van der Waals surface area contributed by atoms with E-state index in [0.717, 1.165) is 6.42 Å². The van der Waals surface area contributed by atoms with E-state index in [1.807, 2.05) is 20.8 Å². The number of halogens is 1. The molecule has 0 aromatic carbocycles. The summed E-state index contributed by atoms with van der Waals surface area (Å²) in [7, 11) is 0. The number of nitrogens with zero attached hydrogens (tertiary/aromatic N) is 2. The number of likely N-dealkylation sites (tertiary alicyclic amines) is 1. The number of hydrogen-bond acceptors (Lipinski definition) is 3. The van der Waals surface area contributed by atoms with Crippen molar-refractivity contribution in [3.05, 3.63) is 0 Å². The van der Waals surface area contributed by atoms with Crippen molar-refractivity contribution >= 4 is 28.7 Å². The van der Waals surface area contributed by atoms with Gasteiger partial charge in [-0.25, -0.2) is 4.79 Å². The molecule has 2 atom stereocenters. The normalized spacial score (nSPS) is 26.1. The minimum absolute atomic E-state index is 0.0816. The van der Waals surface area contributed by atoms with Gasteiger partial charge >= 0.3 is 6.09 Å². The number of hydrogen-bond donors (Lipinski definition) is 0. The average molecular weight is 336 g/mol. The molecule has 0 aliphatic carbocycles. The lowest BCUT2D eigenvalue weighted by atomic mass is 10.0. The van der Waals surface area contributed by atoms with E-state index >= 15 is 0 Å². The minimum atomic E-state index is -0.472. The molecule has 0 spiro atoms. The van der Waals surface area contributed by atoms with Crippen LogP contribution in [0.25, 0.3) is 0 Å². The number of ether oxygens (including phenoxy) is 1. The average Bonchev–Trinajstić information content (AvgIpc) is 2.15. The highest BCUT2D eigenvalue weighted by molar-refractivity contribution is 14.1. The van der Waals surface area contributed by atoms with Crippen molar-refractivity contribution in [2.24, 2.45) is 5.92 Å². The van der Waals surface area contributed by atoms with Crippen LogP contribution in [0.2, 0.25) is 0 Å². The molecule has 1 saturated heterocycles. The lowest BCUT2D eigenvalue weighted by Gasteiger charge is -2.34. The Bertz CT molecular complexity index is 306. The van der Waals surface area contributed by atoms with Gasteiger partial charge in [-0.2, -0.15) is 5.26 Å². The summed E-state index contributed by atoms with van der Waals surface area (Å²) in [6.07, 6.45) is 0.550. The molecule has 90 valence electrons. The number of carbonyl (C=O) groups excluding carboxylic acids is 1. The Morgan fingerprint density at radius 1 is 1.56 bits per heavy atom. The van der Waals surface area contributed by atoms with Gasteiger partial charge in [0.2, 0.25) is 0 Å². The van der Waals surface area contributed by atoms with Crippen molar-refractivity contribution in [1.29, 1.82) is 5.26 Å². The van der Waals surface area contributed by atoms with Crippen LogP contribution >= 0.6 is 22.6 Å². The van der Waals surface area contributed by atoms with E-state index in [4.69, 9.17) is 10.00 Å². The third kappa shape index (κ3) is 3.81. The second-order valence-corrected chi connectivity index (χ2v) is 6.57. The molecule has 16 heavy (non-hydrogen) atoms. The van der Waals surface area contributed by atoms with Gasteiger partial charge in [-0.3, -0.25) is 0 Å². The summed E-state index contributed by atoms with van der Waals surface area (Å²) < 4.78 is 5.61. The fourth-order valence-corrected chi connectivity index (χ4v) is 2.20. The first-order valence-corrected chi connectivity index (χ1v) is 6.59. The van der Waals surface area contributed by atoms with Gasteiger partial charge in [0.05, 0.1) is 12.0 Å². The number of carbonyl (C=O) groups is 1. The quantitative estimate of drug-likeness (QED) is 0.505. The number of rotatable bonds is 0. The maximum Gasteiger partial charge on any atom is 0.410 e. The van der Waals surface area contributed by atoms with E-state index < -0.39 is 5.60 Å². The Kier molecular flexibility index (Phi) is 4.42. The molecule has 2 unspecified atom stereocenters. The molecule has 0 aromatic rings. The summed E-state index contributed by atoms with van der Waals surface area (Å²) in [6, 6.07) is 2.24. The molecule has 1 fully saturated rings. The van der Waals surface area contributed by atoms with Crippen LogP contribution < -0.4 is 0 Å². The monoisotopic (exact) mass is 336 g/mol. The van der Waals surface area contributed by atoms with Crippen LogP contribution in [0.15, 0.2) is 0 Å². The van der Waals surface area contributed by atoms with E-state index in [0.29, 0.717) is 17.0 Å². The van der Waals surface area contributed by atoms with Gasteiger partial charge in [-0.05, 0) is 27.2 Å². The fourth-order valence-electron chi connectivity index (χ4n) is 1.54. The van der Waals surface area contributed by atoms with E-state index in [2.05, 4.69) is 28.7 Å². The van der Waals surface area contributed by atoms with Gasteiger partial charge in [0, 0.05) is 17.0 Å². The lowest BCUT2D eigenvalue weighted by molar-refractivity contribution is 0.0197. The second kappa shape index (κ2) is 5.21. The van der Waals surface area contributed by atoms with Gasteiger partial charge in [0.15, 0.2) is 0 Å². The van der Waals surface area contributed by atoms with Crippen LogP contribution in [0.5, 0.6) is 0 Å². The van der Waals surface area contributed by atoms with E-state index in [-0.39, 0.29) is 12.0 Å². The minimum Gasteiger partial charge on any atom is -0.444 e. The third-order valence-corrected chi connectivity index (χ3v) is 3.84. The molecule has 4 nitrogen and oxygen atoms in total. The van der Waals surface area contributed by atoms with Crippen LogP contribution in [0.3, 0.4) is 0 Å². The summed E-state index contributed by atoms with van der Waals surface area (Å²) in [5.41, 5.74) is -0.472. The van der Waals surface area contributed by atoms with Crippen molar-refractivity contribution in [1.82, 2.24) is 4.90 Å². The Morgan fingerprint density at radius 2 is 2.19 bits per heavy atom. The highest BCUT2D eigenvalue weighted by atomic mass is 127. The zero-order chi connectivity index (χ0) is 12.3. The Hall–Kier alpha value is -0.510. The van der Waals surface area contributed by atoms with Gasteiger partial charge in [-0.1, -0.05) is 22.6 Å². The van der Waals surface area contributed by atoms with Crippen molar-refractivity contribution < 1.29 is 9.53 Å². The van der Waals surface area contributed by atoms with Gasteiger partial charge in [0.25, 0.3) is 0 Å². The first kappa shape index (κ1) is 13.6. The van der Waals surface area contributed by atoms with Crippen molar-refractivity contribution in [2.45, 2.75) is 36.7 Å². The van der Waals surface area contributed by atoms with E-state index in [9.17, 15) is 4.79 Å². The maximum atomic E-state index is 11.8. The maximum absolute atomic E-state index is 11.8. The highest BCUT2D eigenvalue weighted by Gasteiger charge is 2.32. The van der Waals surface area contributed by atoms with E-state index in [1.54, 1.807) is 4.90 Å². The van der Waals surface area contributed by atoms with E-state index in [1.165, 1.54) is 0 Å². The molecule has 0 radical (unpaired) electrons. The molecule has 0 bridgehead atoms. The van der Waals surface area contributed by atoms with Crippen LogP contribution in [0.1, 0.15) is 27.2 Å². The molecule has 1 aliphatic heterocycles. The van der Waals surface area contributed by atoms with Gasteiger partial charge in [-0.15, -0.1) is 0 Å². The summed E-state index contributed by atoms with van der Waals surface area (Å²) in [4.78, 5) is 13.4. The lowest BCUT2D eigenvalue weighted by Crippen LogP contribution is -2.45. The molecule has 0 N–H and O–H groups in total. The molecule has 5 heteroatoms. The van der Waals surface area contributed by atoms with Gasteiger partial charge in [0.1, 0.15) is 5.60 Å². The Morgan fingerprint density at radius 3 is 2.69 bits per heavy atom. The predicted molar refractivity (Wildman–Crippen MR) is 69.3 cm³/mol. The molecule has 1 amide bonds. The third-order valence-electron chi connectivity index (χ3n) is 2.35. The molecule has 0 saturated carbocycles. The number of alkyl halides is 1. The fraction of sp³-hybridized carbons (Fsp3) is 0.818. The van der Waals surface area contributed by atoms with Crippen molar-refractivity contribution in [2.75, 3.05) is 13.1 Å². The summed E-state index contributed by atoms with van der Waals surface area (Å²) in [5.74, 6) is -0.0816. The molecular formula is C11H17IN2O2. The predicted octanol–water partition coefficient (Wildman–Crippen LogP) is 2.57. The smallest absolute Gasteiger partial charge is 0.410 e. The van der Waals surface area contributed by atoms with Crippen LogP contribution in [0, 0.1) is 17.2 Å². The number of amides is 1. The van der Waals surface area contributed by atoms with Crippen molar-refractivity contribution in [3.8, 4) is 6.07 Å². The van der Waals surface area contributed by atoms with Crippen LogP contribution in [-0.4, -0.2) is 33.6 Å². The highest BCUT2D eigenvalue weighted by Crippen LogP contribution is 2.24. The van der Waals surface area contributed by atoms with Crippen LogP contribution in [-0.2, 0) is 4.74 Å². The summed E-state index contributed by atoms with van der Waals surface area (Å²) in [6.45, 7) is 6.70. The number of piperidine rings is 1. The number of nitriles is 1. The van der Waals surface area contributed by atoms with Crippen molar-refractivity contribution in [3.63, 3.8) is 0 Å². The standard InChI is InChI=1S/C11H17IN2O2/c1-11(2,3)16-10(15)14-5-4-9(12)8(6-13)7-14/h8-9H,4-5,7H2,1-3H3. The Balaban J connectivity index is 2.56. The van der Waals surface area contributed by atoms with Crippen LogP contribution in [0.4, 0.5) is 4.79 Å². The molecule has 1 rings (SSSR count). The summed E-state index contributed by atoms with van der Waals surface area (Å²) >= 11 is 2.28. The summed E-state index contributed by atoms with van der Waals surface area (Å²) in [5, 5.41) is 8.96. The second-order valence-electron chi connectivity index (χ2n) is 4.97. The first-order chi connectivity index (χ1) is 7.33. The molecular weight excluding hydrogens is 319 g/mol. The molecule has 1 aliphatic rings. The Labute approximate surface area is 110 Å². The molecule has 0 aromatic heterocycles. The van der Waals surface area contributed by atoms with Gasteiger partial charge < -0.3 is 9.64 Å². The zero-order valence-corrected chi connectivity index (χ0v) is 12.0. The topological polar surface area (TPSA) is 53.3 Å². The largest absolute Gasteiger partial charge is 0.444 e. The SMILES string of the molecule is CC(C)(C)OC(=O)N1CCC(I)C(C#N)C1. The first-order valence-electron chi connectivity index (χ1n) is 5.35. The molecule has 1 heterocycles.